The van der Waals surface area contributed by atoms with Gasteiger partial charge in [-0.3, -0.25) is 4.79 Å². The van der Waals surface area contributed by atoms with Gasteiger partial charge in [-0.25, -0.2) is 0 Å². The molecule has 2 spiro atoms. The van der Waals surface area contributed by atoms with Crippen molar-refractivity contribution in [3.63, 3.8) is 0 Å². The van der Waals surface area contributed by atoms with Gasteiger partial charge in [0.05, 0.1) is 6.10 Å². The van der Waals surface area contributed by atoms with E-state index in [-0.39, 0.29) is 10.8 Å². The molecule has 132 valence electrons. The summed E-state index contributed by atoms with van der Waals surface area (Å²) >= 11 is 0. The maximum absolute atomic E-state index is 12.6. The molecule has 5 bridgehead atoms. The van der Waals surface area contributed by atoms with Crippen LogP contribution in [0.2, 0.25) is 0 Å². The molecule has 0 radical (unpaired) electrons. The Kier molecular flexibility index (Phi) is 3.35. The molecule has 0 aromatic carbocycles. The number of fused-ring (bicyclic) bond motifs is 1. The van der Waals surface area contributed by atoms with Crippen molar-refractivity contribution in [2.45, 2.75) is 57.5 Å². The highest BCUT2D eigenvalue weighted by molar-refractivity contribution is 5.84. The van der Waals surface area contributed by atoms with E-state index in [9.17, 15) is 4.79 Å². The molecule has 8 atom stereocenters. The zero-order chi connectivity index (χ0) is 16.5. The number of hydrogen-bond acceptors (Lipinski definition) is 3. The molecule has 24 heavy (non-hydrogen) atoms. The molecule has 0 saturated heterocycles. The minimum absolute atomic E-state index is 0.254. The monoisotopic (exact) mass is 330 g/mol. The number of carbonyl (C=O) groups is 1. The van der Waals surface area contributed by atoms with E-state index in [0.29, 0.717) is 48.3 Å². The summed E-state index contributed by atoms with van der Waals surface area (Å²) in [4.78, 5) is 12.6. The second-order valence-electron chi connectivity index (χ2n) is 9.25. The molecule has 0 heterocycles. The number of ketones is 1. The molecule has 6 rings (SSSR count). The van der Waals surface area contributed by atoms with Crippen molar-refractivity contribution in [2.24, 2.45) is 40.4 Å². The highest BCUT2D eigenvalue weighted by Gasteiger charge is 2.76. The third kappa shape index (κ3) is 1.64. The third-order valence-electron chi connectivity index (χ3n) is 8.94. The average molecular weight is 330 g/mol. The second-order valence-corrected chi connectivity index (χ2v) is 9.25. The van der Waals surface area contributed by atoms with Crippen LogP contribution in [-0.2, 0) is 14.3 Å². The number of methoxy groups -OCH3 is 1. The summed E-state index contributed by atoms with van der Waals surface area (Å²) in [6, 6.07) is 0. The van der Waals surface area contributed by atoms with Gasteiger partial charge in [-0.15, -0.1) is 6.58 Å². The molecule has 6 saturated carbocycles. The molecule has 0 aromatic rings. The quantitative estimate of drug-likeness (QED) is 0.578. The minimum atomic E-state index is 0.254. The second kappa shape index (κ2) is 5.17. The van der Waals surface area contributed by atoms with Gasteiger partial charge in [0.15, 0.2) is 0 Å². The average Bonchev–Trinajstić information content (AvgIpc) is 2.71. The Bertz CT molecular complexity index is 571. The summed E-state index contributed by atoms with van der Waals surface area (Å²) in [7, 11) is 1.73. The summed E-state index contributed by atoms with van der Waals surface area (Å²) < 4.78 is 11.8. The number of Topliss-reactive ketones (excluding diaryl/α,β-unsaturated/α-hetero) is 1. The maximum atomic E-state index is 12.6. The standard InChI is InChI=1S/C21H30O3/c1-3-13-5-4-7-21-15(13)6-8-20-11-17(22)14(10-18(20)21)9-16(20)19(21)24-12-23-2/h3,13-16,18-19H,1,4-12H2,2H3/t13?,14?,15-,16?,18?,19-,20-,21?/m1/s1. The molecular weight excluding hydrogens is 300 g/mol. The Balaban J connectivity index is 1.63. The first kappa shape index (κ1) is 15.6. The zero-order valence-electron chi connectivity index (χ0n) is 14.8. The predicted molar refractivity (Wildman–Crippen MR) is 91.2 cm³/mol. The van der Waals surface area contributed by atoms with Crippen molar-refractivity contribution in [3.05, 3.63) is 12.7 Å². The van der Waals surface area contributed by atoms with E-state index in [1.807, 2.05) is 0 Å². The fourth-order valence-corrected chi connectivity index (χ4v) is 8.42. The fraction of sp³-hybridized carbons (Fsp3) is 0.857. The van der Waals surface area contributed by atoms with Crippen molar-refractivity contribution in [3.8, 4) is 0 Å². The Morgan fingerprint density at radius 3 is 2.92 bits per heavy atom. The fourth-order valence-electron chi connectivity index (χ4n) is 8.42. The van der Waals surface area contributed by atoms with Crippen LogP contribution in [0, 0.1) is 40.4 Å². The van der Waals surface area contributed by atoms with Crippen molar-refractivity contribution >= 4 is 5.78 Å². The van der Waals surface area contributed by atoms with E-state index in [4.69, 9.17) is 9.47 Å². The van der Waals surface area contributed by atoms with Crippen molar-refractivity contribution in [2.75, 3.05) is 13.9 Å². The Labute approximate surface area is 145 Å². The molecule has 6 aliphatic carbocycles. The van der Waals surface area contributed by atoms with Crippen LogP contribution in [0.15, 0.2) is 12.7 Å². The lowest BCUT2D eigenvalue weighted by molar-refractivity contribution is -0.164. The van der Waals surface area contributed by atoms with Crippen LogP contribution in [0.4, 0.5) is 0 Å². The zero-order valence-corrected chi connectivity index (χ0v) is 14.8. The molecule has 6 aliphatic rings. The lowest BCUT2D eigenvalue weighted by Gasteiger charge is -2.60. The van der Waals surface area contributed by atoms with Crippen LogP contribution >= 0.6 is 0 Å². The largest absolute Gasteiger partial charge is 0.359 e. The molecule has 3 heteroatoms. The highest BCUT2D eigenvalue weighted by Crippen LogP contribution is 2.79. The summed E-state index contributed by atoms with van der Waals surface area (Å²) in [6.45, 7) is 4.56. The van der Waals surface area contributed by atoms with Crippen molar-refractivity contribution < 1.29 is 14.3 Å². The topological polar surface area (TPSA) is 35.5 Å². The SMILES string of the molecule is C=CC1CCCC23C4CC5CC([C@H]2OCOC)[C@@]4(CC[C@H]13)CC5=O. The van der Waals surface area contributed by atoms with Gasteiger partial charge in [0.25, 0.3) is 0 Å². The van der Waals surface area contributed by atoms with Gasteiger partial charge in [0.1, 0.15) is 12.6 Å². The van der Waals surface area contributed by atoms with Crippen LogP contribution in [0.25, 0.3) is 0 Å². The molecule has 0 aliphatic heterocycles. The third-order valence-corrected chi connectivity index (χ3v) is 8.94. The van der Waals surface area contributed by atoms with E-state index in [2.05, 4.69) is 12.7 Å². The van der Waals surface area contributed by atoms with Gasteiger partial charge in [0, 0.05) is 24.9 Å². The Morgan fingerprint density at radius 2 is 2.12 bits per heavy atom. The molecule has 6 fully saturated rings. The van der Waals surface area contributed by atoms with E-state index in [0.717, 1.165) is 19.3 Å². The number of rotatable bonds is 4. The van der Waals surface area contributed by atoms with Crippen LogP contribution in [0.3, 0.4) is 0 Å². The van der Waals surface area contributed by atoms with Gasteiger partial charge in [-0.2, -0.15) is 0 Å². The molecule has 5 unspecified atom stereocenters. The molecule has 0 aromatic heterocycles. The summed E-state index contributed by atoms with van der Waals surface area (Å²) in [6.07, 6.45) is 12.0. The summed E-state index contributed by atoms with van der Waals surface area (Å²) in [5.41, 5.74) is 0.539. The van der Waals surface area contributed by atoms with Crippen molar-refractivity contribution in [1.29, 1.82) is 0 Å². The van der Waals surface area contributed by atoms with Crippen LogP contribution in [0.5, 0.6) is 0 Å². The van der Waals surface area contributed by atoms with Gasteiger partial charge in [-0.1, -0.05) is 12.5 Å². The first-order valence-electron chi connectivity index (χ1n) is 9.93. The molecule has 0 amide bonds. The van der Waals surface area contributed by atoms with E-state index in [1.54, 1.807) is 7.11 Å². The maximum Gasteiger partial charge on any atom is 0.146 e. The first-order valence-corrected chi connectivity index (χ1v) is 9.93. The van der Waals surface area contributed by atoms with Gasteiger partial charge < -0.3 is 9.47 Å². The van der Waals surface area contributed by atoms with Gasteiger partial charge in [0.2, 0.25) is 0 Å². The van der Waals surface area contributed by atoms with Crippen LogP contribution in [-0.4, -0.2) is 25.8 Å². The lowest BCUT2D eigenvalue weighted by Crippen LogP contribution is -2.56. The van der Waals surface area contributed by atoms with Crippen molar-refractivity contribution in [1.82, 2.24) is 0 Å². The molecule has 3 nitrogen and oxygen atoms in total. The van der Waals surface area contributed by atoms with Gasteiger partial charge >= 0.3 is 0 Å². The Morgan fingerprint density at radius 1 is 1.25 bits per heavy atom. The number of hydrogen-bond donors (Lipinski definition) is 0. The number of carbonyl (C=O) groups excluding carboxylic acids is 1. The first-order chi connectivity index (χ1) is 11.7. The lowest BCUT2D eigenvalue weighted by atomic mass is 9.43. The number of ether oxygens (including phenoxy) is 2. The molecule has 0 N–H and O–H groups in total. The predicted octanol–water partition coefficient (Wildman–Crippen LogP) is 3.97. The molecular formula is C21H30O3. The summed E-state index contributed by atoms with van der Waals surface area (Å²) in [5, 5.41) is 0. The minimum Gasteiger partial charge on any atom is -0.359 e. The van der Waals surface area contributed by atoms with E-state index < -0.39 is 0 Å². The van der Waals surface area contributed by atoms with Crippen LogP contribution < -0.4 is 0 Å². The van der Waals surface area contributed by atoms with Gasteiger partial charge in [-0.05, 0) is 67.6 Å². The van der Waals surface area contributed by atoms with Crippen LogP contribution in [0.1, 0.15) is 51.4 Å². The smallest absolute Gasteiger partial charge is 0.146 e. The summed E-state index contributed by atoms with van der Waals surface area (Å²) in [5.74, 6) is 3.51. The van der Waals surface area contributed by atoms with E-state index >= 15 is 0 Å². The number of allylic oxidation sites excluding steroid dienone is 1. The normalized spacial score (nSPS) is 54.6. The van der Waals surface area contributed by atoms with E-state index in [1.165, 1.54) is 32.1 Å². The highest BCUT2D eigenvalue weighted by atomic mass is 16.7. The Hall–Kier alpha value is -0.670.